The Balaban J connectivity index is 1.49. The van der Waals surface area contributed by atoms with E-state index in [1.54, 1.807) is 7.05 Å². The van der Waals surface area contributed by atoms with Gasteiger partial charge in [0.1, 0.15) is 0 Å². The van der Waals surface area contributed by atoms with Gasteiger partial charge in [-0.25, -0.2) is 0 Å². The molecule has 2 N–H and O–H groups in total. The summed E-state index contributed by atoms with van der Waals surface area (Å²) in [6.07, 6.45) is 0.186. The predicted octanol–water partition coefficient (Wildman–Crippen LogP) is 3.21. The van der Waals surface area contributed by atoms with Crippen molar-refractivity contribution < 1.29 is 14.4 Å². The van der Waals surface area contributed by atoms with Crippen molar-refractivity contribution in [1.82, 2.24) is 10.2 Å². The van der Waals surface area contributed by atoms with E-state index < -0.39 is 0 Å². The summed E-state index contributed by atoms with van der Waals surface area (Å²) in [5, 5.41) is 7.57. The molecule has 0 aliphatic carbocycles. The van der Waals surface area contributed by atoms with Gasteiger partial charge < -0.3 is 15.5 Å². The van der Waals surface area contributed by atoms with Crippen LogP contribution in [0.3, 0.4) is 0 Å². The molecule has 0 fully saturated rings. The summed E-state index contributed by atoms with van der Waals surface area (Å²) in [4.78, 5) is 38.3. The van der Waals surface area contributed by atoms with E-state index in [9.17, 15) is 14.4 Å². The van der Waals surface area contributed by atoms with Crippen molar-refractivity contribution in [3.8, 4) is 0 Å². The van der Waals surface area contributed by atoms with Gasteiger partial charge >= 0.3 is 0 Å². The highest BCUT2D eigenvalue weighted by atomic mass is 16.2. The Labute approximate surface area is 182 Å². The second kappa shape index (κ2) is 9.89. The summed E-state index contributed by atoms with van der Waals surface area (Å²) in [6, 6.07) is 19.4. The molecule has 0 aliphatic rings. The third-order valence-corrected chi connectivity index (χ3v) is 5.35. The van der Waals surface area contributed by atoms with Gasteiger partial charge in [0.25, 0.3) is 0 Å². The quantitative estimate of drug-likeness (QED) is 0.620. The monoisotopic (exact) mass is 417 g/mol. The molecule has 160 valence electrons. The van der Waals surface area contributed by atoms with Crippen LogP contribution < -0.4 is 10.6 Å². The zero-order valence-corrected chi connectivity index (χ0v) is 18.1. The number of hydrogen-bond acceptors (Lipinski definition) is 3. The van der Waals surface area contributed by atoms with Crippen LogP contribution in [-0.2, 0) is 20.8 Å². The molecule has 3 rings (SSSR count). The molecule has 0 aromatic heterocycles. The maximum atomic E-state index is 12.4. The zero-order valence-electron chi connectivity index (χ0n) is 18.1. The van der Waals surface area contributed by atoms with Crippen LogP contribution >= 0.6 is 0 Å². The lowest BCUT2D eigenvalue weighted by Gasteiger charge is -2.18. The summed E-state index contributed by atoms with van der Waals surface area (Å²) < 4.78 is 0. The number of fused-ring (bicyclic) bond motifs is 1. The van der Waals surface area contributed by atoms with E-state index in [-0.39, 0.29) is 37.2 Å². The fourth-order valence-corrected chi connectivity index (χ4v) is 3.37. The molecule has 6 nitrogen and oxygen atoms in total. The van der Waals surface area contributed by atoms with Gasteiger partial charge in [-0.15, -0.1) is 0 Å². The number of nitrogens with zero attached hydrogens (tertiary/aromatic N) is 1. The molecule has 3 amide bonds. The minimum Gasteiger partial charge on any atom is -0.347 e. The first kappa shape index (κ1) is 22.0. The molecule has 0 spiro atoms. The largest absolute Gasteiger partial charge is 0.347 e. The Morgan fingerprint density at radius 3 is 2.39 bits per heavy atom. The van der Waals surface area contributed by atoms with Crippen LogP contribution in [0.15, 0.2) is 60.7 Å². The maximum absolute atomic E-state index is 12.4. The van der Waals surface area contributed by atoms with E-state index in [2.05, 4.69) is 10.6 Å². The Kier molecular flexibility index (Phi) is 7.03. The molecule has 0 unspecified atom stereocenters. The smallest absolute Gasteiger partial charge is 0.243 e. The Morgan fingerprint density at radius 2 is 1.58 bits per heavy atom. The van der Waals surface area contributed by atoms with Gasteiger partial charge in [-0.05, 0) is 47.4 Å². The topological polar surface area (TPSA) is 78.5 Å². The first-order valence-corrected chi connectivity index (χ1v) is 10.2. The second-order valence-electron chi connectivity index (χ2n) is 7.64. The maximum Gasteiger partial charge on any atom is 0.243 e. The number of aryl methyl sites for hydroxylation is 1. The fraction of sp³-hybridized carbons (Fsp3) is 0.240. The van der Waals surface area contributed by atoms with Crippen molar-refractivity contribution in [1.29, 1.82) is 0 Å². The molecule has 0 bridgehead atoms. The normalized spacial score (nSPS) is 10.5. The molecule has 0 radical (unpaired) electrons. The number of anilines is 1. The standard InChI is InChI=1S/C25H27N3O3/c1-17-8-6-13-22(18(17)2)27-24(30)16-28(3)25(31)15-26-23(29)14-20-11-7-10-19-9-4-5-12-21(19)20/h4-13H,14-16H2,1-3H3,(H,26,29)(H,27,30). The average molecular weight is 418 g/mol. The molecule has 6 heteroatoms. The first-order chi connectivity index (χ1) is 14.8. The molecule has 31 heavy (non-hydrogen) atoms. The molecule has 0 saturated carbocycles. The highest BCUT2D eigenvalue weighted by Crippen LogP contribution is 2.19. The summed E-state index contributed by atoms with van der Waals surface area (Å²) in [7, 11) is 1.54. The molecule has 0 aliphatic heterocycles. The van der Waals surface area contributed by atoms with Crippen molar-refractivity contribution in [2.24, 2.45) is 0 Å². The van der Waals surface area contributed by atoms with Crippen LogP contribution in [0.1, 0.15) is 16.7 Å². The van der Waals surface area contributed by atoms with Crippen molar-refractivity contribution in [2.75, 3.05) is 25.5 Å². The van der Waals surface area contributed by atoms with Gasteiger partial charge in [-0.2, -0.15) is 0 Å². The van der Waals surface area contributed by atoms with Gasteiger partial charge in [-0.1, -0.05) is 54.6 Å². The molecular formula is C25H27N3O3. The van der Waals surface area contributed by atoms with Crippen molar-refractivity contribution in [3.63, 3.8) is 0 Å². The highest BCUT2D eigenvalue weighted by molar-refractivity contribution is 5.96. The van der Waals surface area contributed by atoms with E-state index in [0.29, 0.717) is 0 Å². The van der Waals surface area contributed by atoms with Crippen LogP contribution in [0.25, 0.3) is 10.8 Å². The van der Waals surface area contributed by atoms with Crippen LogP contribution in [-0.4, -0.2) is 42.8 Å². The number of carbonyl (C=O) groups excluding carboxylic acids is 3. The number of hydrogen-bond donors (Lipinski definition) is 2. The van der Waals surface area contributed by atoms with E-state index in [4.69, 9.17) is 0 Å². The molecule has 0 saturated heterocycles. The molecular weight excluding hydrogens is 390 g/mol. The van der Waals surface area contributed by atoms with E-state index in [1.165, 1.54) is 4.90 Å². The third-order valence-electron chi connectivity index (χ3n) is 5.35. The van der Waals surface area contributed by atoms with Crippen LogP contribution in [0, 0.1) is 13.8 Å². The van der Waals surface area contributed by atoms with Gasteiger partial charge in [0.05, 0.1) is 19.5 Å². The van der Waals surface area contributed by atoms with Crippen molar-refractivity contribution in [2.45, 2.75) is 20.3 Å². The molecule has 0 heterocycles. The molecule has 3 aromatic carbocycles. The van der Waals surface area contributed by atoms with Crippen LogP contribution in [0.4, 0.5) is 5.69 Å². The number of carbonyl (C=O) groups is 3. The van der Waals surface area contributed by atoms with E-state index in [1.807, 2.05) is 74.5 Å². The first-order valence-electron chi connectivity index (χ1n) is 10.2. The number of rotatable bonds is 7. The van der Waals surface area contributed by atoms with Crippen molar-refractivity contribution >= 4 is 34.2 Å². The summed E-state index contributed by atoms with van der Waals surface area (Å²) >= 11 is 0. The lowest BCUT2D eigenvalue weighted by Crippen LogP contribution is -2.41. The SMILES string of the molecule is Cc1cccc(NC(=O)CN(C)C(=O)CNC(=O)Cc2cccc3ccccc23)c1C. The third kappa shape index (κ3) is 5.69. The molecule has 3 aromatic rings. The lowest BCUT2D eigenvalue weighted by atomic mass is 10.0. The predicted molar refractivity (Wildman–Crippen MR) is 123 cm³/mol. The minimum absolute atomic E-state index is 0.0919. The van der Waals surface area contributed by atoms with E-state index in [0.717, 1.165) is 33.2 Å². The highest BCUT2D eigenvalue weighted by Gasteiger charge is 2.15. The summed E-state index contributed by atoms with van der Waals surface area (Å²) in [5.41, 5.74) is 3.71. The lowest BCUT2D eigenvalue weighted by molar-refractivity contribution is -0.134. The van der Waals surface area contributed by atoms with E-state index >= 15 is 0 Å². The Bertz CT molecular complexity index is 1120. The van der Waals surface area contributed by atoms with Crippen molar-refractivity contribution in [3.05, 3.63) is 77.4 Å². The van der Waals surface area contributed by atoms with Gasteiger partial charge in [-0.3, -0.25) is 14.4 Å². The number of benzene rings is 3. The second-order valence-corrected chi connectivity index (χ2v) is 7.64. The fourth-order valence-electron chi connectivity index (χ4n) is 3.37. The van der Waals surface area contributed by atoms with Gasteiger partial charge in [0.15, 0.2) is 0 Å². The van der Waals surface area contributed by atoms with Crippen LogP contribution in [0.5, 0.6) is 0 Å². The average Bonchev–Trinajstić information content (AvgIpc) is 2.75. The number of amides is 3. The Hall–Kier alpha value is -3.67. The Morgan fingerprint density at radius 1 is 0.871 bits per heavy atom. The zero-order chi connectivity index (χ0) is 22.4. The summed E-state index contributed by atoms with van der Waals surface area (Å²) in [5.74, 6) is -0.855. The van der Waals surface area contributed by atoms with Gasteiger partial charge in [0, 0.05) is 12.7 Å². The van der Waals surface area contributed by atoms with Crippen LogP contribution in [0.2, 0.25) is 0 Å². The molecule has 0 atom stereocenters. The number of nitrogens with one attached hydrogen (secondary N) is 2. The van der Waals surface area contributed by atoms with Gasteiger partial charge in [0.2, 0.25) is 17.7 Å². The summed E-state index contributed by atoms with van der Waals surface area (Å²) in [6.45, 7) is 3.66. The minimum atomic E-state index is -0.331. The number of likely N-dealkylation sites (N-methyl/N-ethyl adjacent to an activating group) is 1.